The SMILES string of the molecule is Cc1cc(C(=O)N2CCC[C@H]2C(=O)O)c(C)cc1Br. The third kappa shape index (κ3) is 2.66. The number of rotatable bonds is 2. The van der Waals surface area contributed by atoms with E-state index in [1.54, 1.807) is 0 Å². The first-order valence-electron chi connectivity index (χ1n) is 6.22. The van der Waals surface area contributed by atoms with Crippen LogP contribution in [0.4, 0.5) is 0 Å². The number of carboxylic acids is 1. The van der Waals surface area contributed by atoms with Crippen LogP contribution >= 0.6 is 15.9 Å². The number of hydrogen-bond donors (Lipinski definition) is 1. The number of likely N-dealkylation sites (tertiary alicyclic amines) is 1. The summed E-state index contributed by atoms with van der Waals surface area (Å²) >= 11 is 3.43. The lowest BCUT2D eigenvalue weighted by atomic mass is 10.0. The summed E-state index contributed by atoms with van der Waals surface area (Å²) in [7, 11) is 0. The zero-order valence-electron chi connectivity index (χ0n) is 10.9. The number of carbonyl (C=O) groups is 2. The first kappa shape index (κ1) is 14.1. The van der Waals surface area contributed by atoms with E-state index in [0.717, 1.165) is 22.0 Å². The van der Waals surface area contributed by atoms with Crippen LogP contribution in [0.2, 0.25) is 0 Å². The molecular formula is C14H16BrNO3. The third-order valence-electron chi connectivity index (χ3n) is 3.53. The lowest BCUT2D eigenvalue weighted by Crippen LogP contribution is -2.40. The highest BCUT2D eigenvalue weighted by Gasteiger charge is 2.34. The Kier molecular flexibility index (Phi) is 3.94. The van der Waals surface area contributed by atoms with Crippen molar-refractivity contribution in [2.24, 2.45) is 0 Å². The standard InChI is InChI=1S/C14H16BrNO3/c1-8-7-11(15)9(2)6-10(8)13(17)16-5-3-4-12(16)14(18)19/h6-7,12H,3-5H2,1-2H3,(H,18,19)/t12-/m0/s1. The van der Waals surface area contributed by atoms with E-state index in [1.807, 2.05) is 26.0 Å². The summed E-state index contributed by atoms with van der Waals surface area (Å²) in [6, 6.07) is 3.03. The van der Waals surface area contributed by atoms with Gasteiger partial charge in [-0.2, -0.15) is 0 Å². The predicted octanol–water partition coefficient (Wildman–Crippen LogP) is 2.76. The fourth-order valence-electron chi connectivity index (χ4n) is 2.43. The summed E-state index contributed by atoms with van der Waals surface area (Å²) in [6.45, 7) is 4.30. The van der Waals surface area contributed by atoms with E-state index < -0.39 is 12.0 Å². The Morgan fingerprint density at radius 1 is 1.32 bits per heavy atom. The second kappa shape index (κ2) is 5.33. The molecule has 1 atom stereocenters. The van der Waals surface area contributed by atoms with Crippen LogP contribution in [0.3, 0.4) is 0 Å². The van der Waals surface area contributed by atoms with Gasteiger partial charge >= 0.3 is 5.97 Å². The van der Waals surface area contributed by atoms with Gasteiger partial charge in [0, 0.05) is 16.6 Å². The largest absolute Gasteiger partial charge is 0.480 e. The number of nitrogens with zero attached hydrogens (tertiary/aromatic N) is 1. The topological polar surface area (TPSA) is 57.6 Å². The molecule has 4 nitrogen and oxygen atoms in total. The lowest BCUT2D eigenvalue weighted by molar-refractivity contribution is -0.141. The van der Waals surface area contributed by atoms with Gasteiger partial charge in [0.15, 0.2) is 0 Å². The van der Waals surface area contributed by atoms with Gasteiger partial charge in [-0.25, -0.2) is 4.79 Å². The van der Waals surface area contributed by atoms with Crippen molar-refractivity contribution in [3.05, 3.63) is 33.3 Å². The van der Waals surface area contributed by atoms with E-state index in [2.05, 4.69) is 15.9 Å². The van der Waals surface area contributed by atoms with Crippen LogP contribution in [0.5, 0.6) is 0 Å². The molecule has 1 amide bonds. The summed E-state index contributed by atoms with van der Waals surface area (Å²) in [4.78, 5) is 25.1. The molecule has 1 N–H and O–H groups in total. The van der Waals surface area contributed by atoms with Crippen LogP contribution in [0, 0.1) is 13.8 Å². The summed E-state index contributed by atoms with van der Waals surface area (Å²) in [5, 5.41) is 9.15. The Bertz CT molecular complexity index is 542. The van der Waals surface area contributed by atoms with Crippen LogP contribution in [0.15, 0.2) is 16.6 Å². The molecule has 0 radical (unpaired) electrons. The molecule has 102 valence electrons. The molecule has 1 aromatic carbocycles. The number of aliphatic carboxylic acids is 1. The van der Waals surface area contributed by atoms with Crippen molar-refractivity contribution in [3.63, 3.8) is 0 Å². The van der Waals surface area contributed by atoms with Crippen molar-refractivity contribution in [2.45, 2.75) is 32.7 Å². The summed E-state index contributed by atoms with van der Waals surface area (Å²) < 4.78 is 0.956. The van der Waals surface area contributed by atoms with Crippen molar-refractivity contribution >= 4 is 27.8 Å². The van der Waals surface area contributed by atoms with Crippen LogP contribution in [0.25, 0.3) is 0 Å². The fourth-order valence-corrected chi connectivity index (χ4v) is 2.89. The second-order valence-electron chi connectivity index (χ2n) is 4.91. The second-order valence-corrected chi connectivity index (χ2v) is 5.77. The molecule has 1 aliphatic rings. The molecule has 0 spiro atoms. The van der Waals surface area contributed by atoms with Gasteiger partial charge in [-0.05, 0) is 49.9 Å². The number of carbonyl (C=O) groups excluding carboxylic acids is 1. The first-order valence-corrected chi connectivity index (χ1v) is 7.01. The predicted molar refractivity (Wildman–Crippen MR) is 75.3 cm³/mol. The molecule has 0 aliphatic carbocycles. The summed E-state index contributed by atoms with van der Waals surface area (Å²) in [5.41, 5.74) is 2.42. The minimum Gasteiger partial charge on any atom is -0.480 e. The Morgan fingerprint density at radius 3 is 2.63 bits per heavy atom. The maximum absolute atomic E-state index is 12.5. The molecule has 1 aromatic rings. The minimum atomic E-state index is -0.919. The average Bonchev–Trinajstić information content (AvgIpc) is 2.82. The van der Waals surface area contributed by atoms with E-state index in [0.29, 0.717) is 18.5 Å². The highest BCUT2D eigenvalue weighted by Crippen LogP contribution is 2.25. The summed E-state index contributed by atoms with van der Waals surface area (Å²) in [6.07, 6.45) is 1.28. The normalized spacial score (nSPS) is 18.7. The molecular weight excluding hydrogens is 310 g/mol. The molecule has 5 heteroatoms. The van der Waals surface area contributed by atoms with Crippen LogP contribution in [-0.4, -0.2) is 34.5 Å². The number of hydrogen-bond acceptors (Lipinski definition) is 2. The molecule has 0 aromatic heterocycles. The van der Waals surface area contributed by atoms with E-state index in [-0.39, 0.29) is 5.91 Å². The van der Waals surface area contributed by atoms with Crippen molar-refractivity contribution in [1.82, 2.24) is 4.90 Å². The van der Waals surface area contributed by atoms with Gasteiger partial charge in [-0.3, -0.25) is 4.79 Å². The molecule has 1 heterocycles. The van der Waals surface area contributed by atoms with Crippen LogP contribution < -0.4 is 0 Å². The molecule has 0 saturated carbocycles. The van der Waals surface area contributed by atoms with Crippen molar-refractivity contribution in [1.29, 1.82) is 0 Å². The van der Waals surface area contributed by atoms with Crippen molar-refractivity contribution in [2.75, 3.05) is 6.54 Å². The zero-order valence-corrected chi connectivity index (χ0v) is 12.5. The van der Waals surface area contributed by atoms with Gasteiger partial charge in [-0.1, -0.05) is 15.9 Å². The maximum Gasteiger partial charge on any atom is 0.326 e. The first-order chi connectivity index (χ1) is 8.91. The number of halogens is 1. The Labute approximate surface area is 120 Å². The minimum absolute atomic E-state index is 0.182. The van der Waals surface area contributed by atoms with Gasteiger partial charge in [0.2, 0.25) is 0 Å². The molecule has 1 fully saturated rings. The number of aryl methyl sites for hydroxylation is 2. The van der Waals surface area contributed by atoms with Gasteiger partial charge in [0.25, 0.3) is 5.91 Å². The average molecular weight is 326 g/mol. The number of amides is 1. The van der Waals surface area contributed by atoms with E-state index in [1.165, 1.54) is 4.90 Å². The Morgan fingerprint density at radius 2 is 2.00 bits per heavy atom. The maximum atomic E-state index is 12.5. The monoisotopic (exact) mass is 325 g/mol. The molecule has 19 heavy (non-hydrogen) atoms. The van der Waals surface area contributed by atoms with Crippen molar-refractivity contribution in [3.8, 4) is 0 Å². The lowest BCUT2D eigenvalue weighted by Gasteiger charge is -2.22. The molecule has 1 saturated heterocycles. The molecule has 0 unspecified atom stereocenters. The molecule has 2 rings (SSSR count). The Hall–Kier alpha value is -1.36. The van der Waals surface area contributed by atoms with Gasteiger partial charge in [0.1, 0.15) is 6.04 Å². The summed E-state index contributed by atoms with van der Waals surface area (Å²) in [5.74, 6) is -1.10. The van der Waals surface area contributed by atoms with Gasteiger partial charge < -0.3 is 10.0 Å². The Balaban J connectivity index is 2.34. The smallest absolute Gasteiger partial charge is 0.326 e. The van der Waals surface area contributed by atoms with E-state index in [4.69, 9.17) is 5.11 Å². The van der Waals surface area contributed by atoms with Crippen LogP contribution in [-0.2, 0) is 4.79 Å². The van der Waals surface area contributed by atoms with Crippen LogP contribution in [0.1, 0.15) is 34.3 Å². The quantitative estimate of drug-likeness (QED) is 0.909. The zero-order chi connectivity index (χ0) is 14.2. The van der Waals surface area contributed by atoms with Crippen molar-refractivity contribution < 1.29 is 14.7 Å². The van der Waals surface area contributed by atoms with Gasteiger partial charge in [-0.15, -0.1) is 0 Å². The molecule has 0 bridgehead atoms. The van der Waals surface area contributed by atoms with E-state index >= 15 is 0 Å². The van der Waals surface area contributed by atoms with E-state index in [9.17, 15) is 9.59 Å². The highest BCUT2D eigenvalue weighted by atomic mass is 79.9. The third-order valence-corrected chi connectivity index (χ3v) is 4.39. The number of benzene rings is 1. The fraction of sp³-hybridized carbons (Fsp3) is 0.429. The highest BCUT2D eigenvalue weighted by molar-refractivity contribution is 9.10. The molecule has 1 aliphatic heterocycles. The van der Waals surface area contributed by atoms with Gasteiger partial charge in [0.05, 0.1) is 0 Å². The number of carboxylic acid groups (broad SMARTS) is 1.